The normalized spacial score (nSPS) is 54.0. The van der Waals surface area contributed by atoms with E-state index in [0.717, 1.165) is 25.9 Å². The minimum absolute atomic E-state index is 0.106. The van der Waals surface area contributed by atoms with Gasteiger partial charge in [0.2, 0.25) is 0 Å². The molecule has 0 aromatic rings. The molecule has 3 aliphatic carbocycles. The first kappa shape index (κ1) is 19.0. The summed E-state index contributed by atoms with van der Waals surface area (Å²) in [4.78, 5) is 0. The molecule has 3 fully saturated rings. The molecule has 1 saturated carbocycles. The third-order valence-corrected chi connectivity index (χ3v) is 8.90. The summed E-state index contributed by atoms with van der Waals surface area (Å²) in [7, 11) is 0. The highest BCUT2D eigenvalue weighted by Crippen LogP contribution is 2.63. The number of fused-ring (bicyclic) bond motifs is 8. The van der Waals surface area contributed by atoms with Crippen molar-refractivity contribution in [2.45, 2.75) is 83.6 Å². The monoisotopic (exact) mass is 386 g/mol. The number of ether oxygens (including phenoxy) is 3. The molecule has 0 amide bonds. The van der Waals surface area contributed by atoms with Gasteiger partial charge in [0.05, 0.1) is 18.3 Å². The maximum Gasteiger partial charge on any atom is 0.186 e. The molecule has 4 heteroatoms. The molecule has 2 bridgehead atoms. The lowest BCUT2D eigenvalue weighted by atomic mass is 9.49. The fraction of sp³-hybridized carbons (Fsp3) is 0.750. The number of allylic oxidation sites excluding steroid dienone is 1. The van der Waals surface area contributed by atoms with Crippen LogP contribution in [-0.2, 0) is 14.2 Å². The fourth-order valence-corrected chi connectivity index (χ4v) is 6.79. The van der Waals surface area contributed by atoms with Gasteiger partial charge in [0.1, 0.15) is 12.2 Å². The maximum atomic E-state index is 12.0. The Morgan fingerprint density at radius 2 is 1.96 bits per heavy atom. The van der Waals surface area contributed by atoms with Gasteiger partial charge in [0, 0.05) is 16.7 Å². The third kappa shape index (κ3) is 2.21. The van der Waals surface area contributed by atoms with Gasteiger partial charge in [-0.2, -0.15) is 0 Å². The zero-order valence-corrected chi connectivity index (χ0v) is 17.8. The highest BCUT2D eigenvalue weighted by molar-refractivity contribution is 5.37. The molecule has 2 saturated heterocycles. The van der Waals surface area contributed by atoms with Crippen molar-refractivity contribution in [1.29, 1.82) is 0 Å². The third-order valence-electron chi connectivity index (χ3n) is 8.90. The largest absolute Gasteiger partial charge is 0.389 e. The summed E-state index contributed by atoms with van der Waals surface area (Å²) in [5, 5.41) is 12.0. The first-order chi connectivity index (χ1) is 13.0. The minimum atomic E-state index is -0.813. The van der Waals surface area contributed by atoms with E-state index in [1.165, 1.54) is 11.1 Å². The second-order valence-corrected chi connectivity index (χ2v) is 10.6. The van der Waals surface area contributed by atoms with Crippen molar-refractivity contribution in [3.8, 4) is 0 Å². The summed E-state index contributed by atoms with van der Waals surface area (Å²) in [6.45, 7) is 15.6. The Hall–Kier alpha value is -0.940. The van der Waals surface area contributed by atoms with E-state index in [9.17, 15) is 5.11 Å². The number of aliphatic hydroxyl groups is 1. The van der Waals surface area contributed by atoms with Crippen molar-refractivity contribution in [2.75, 3.05) is 6.61 Å². The molecule has 0 aromatic carbocycles. The maximum absolute atomic E-state index is 12.0. The molecular formula is C24H34O4. The van der Waals surface area contributed by atoms with Crippen LogP contribution in [0.25, 0.3) is 0 Å². The molecule has 5 aliphatic rings. The van der Waals surface area contributed by atoms with Crippen molar-refractivity contribution in [1.82, 2.24) is 0 Å². The van der Waals surface area contributed by atoms with Crippen LogP contribution in [0.2, 0.25) is 0 Å². The average molecular weight is 387 g/mol. The molecule has 8 atom stereocenters. The van der Waals surface area contributed by atoms with E-state index >= 15 is 0 Å². The van der Waals surface area contributed by atoms with E-state index in [1.807, 2.05) is 6.92 Å². The first-order valence-corrected chi connectivity index (χ1v) is 10.8. The zero-order chi connectivity index (χ0) is 20.1. The second kappa shape index (κ2) is 5.60. The fourth-order valence-electron chi connectivity index (χ4n) is 6.79. The smallest absolute Gasteiger partial charge is 0.186 e. The predicted molar refractivity (Wildman–Crippen MR) is 108 cm³/mol. The topological polar surface area (TPSA) is 47.9 Å². The lowest BCUT2D eigenvalue weighted by Gasteiger charge is -2.60. The molecule has 0 radical (unpaired) electrons. The molecule has 0 spiro atoms. The quantitative estimate of drug-likeness (QED) is 0.688. The van der Waals surface area contributed by atoms with Crippen molar-refractivity contribution in [2.24, 2.45) is 22.7 Å². The van der Waals surface area contributed by atoms with Crippen molar-refractivity contribution in [3.63, 3.8) is 0 Å². The lowest BCUT2D eigenvalue weighted by Crippen LogP contribution is -2.63. The average Bonchev–Trinajstić information content (AvgIpc) is 2.94. The molecule has 2 aliphatic heterocycles. The minimum Gasteiger partial charge on any atom is -0.389 e. The van der Waals surface area contributed by atoms with Crippen LogP contribution in [0, 0.1) is 22.7 Å². The molecule has 5 rings (SSSR count). The van der Waals surface area contributed by atoms with Crippen LogP contribution in [0.15, 0.2) is 36.0 Å². The lowest BCUT2D eigenvalue weighted by molar-refractivity contribution is -0.194. The Bertz CT molecular complexity index is 781. The number of rotatable bonds is 1. The van der Waals surface area contributed by atoms with Gasteiger partial charge in [-0.05, 0) is 50.7 Å². The molecule has 2 heterocycles. The highest BCUT2D eigenvalue weighted by atomic mass is 16.8. The Labute approximate surface area is 168 Å². The molecule has 1 unspecified atom stereocenters. The van der Waals surface area contributed by atoms with Gasteiger partial charge in [-0.1, -0.05) is 45.1 Å². The molecule has 154 valence electrons. The molecular weight excluding hydrogens is 352 g/mol. The Morgan fingerprint density at radius 1 is 1.21 bits per heavy atom. The standard InChI is InChI=1S/C24H34O4/c1-7-23(6)27-19-18-14(2)8-11-24(25,21(18,3)4)12-16-15-13-26-17(15)9-10-22(16,5)20(19)28-23/h7,9-10,15-17,19-20,25H,1,8,11-13H2,2-6H3/t15-,16?,17+,19+,20+,22+,23+,24+/m0/s1. The molecule has 0 aromatic heterocycles. The van der Waals surface area contributed by atoms with Crippen molar-refractivity contribution < 1.29 is 19.3 Å². The van der Waals surface area contributed by atoms with E-state index in [1.54, 1.807) is 6.08 Å². The second-order valence-electron chi connectivity index (χ2n) is 10.6. The highest BCUT2D eigenvalue weighted by Gasteiger charge is 2.66. The Morgan fingerprint density at radius 3 is 2.61 bits per heavy atom. The molecule has 28 heavy (non-hydrogen) atoms. The Kier molecular flexibility index (Phi) is 3.81. The van der Waals surface area contributed by atoms with E-state index < -0.39 is 11.4 Å². The van der Waals surface area contributed by atoms with Crippen LogP contribution < -0.4 is 0 Å². The molecule has 4 nitrogen and oxygen atoms in total. The van der Waals surface area contributed by atoms with Crippen molar-refractivity contribution >= 4 is 0 Å². The Balaban J connectivity index is 1.73. The van der Waals surface area contributed by atoms with Crippen LogP contribution in [0.4, 0.5) is 0 Å². The van der Waals surface area contributed by atoms with Gasteiger partial charge >= 0.3 is 0 Å². The molecule has 1 N–H and O–H groups in total. The summed E-state index contributed by atoms with van der Waals surface area (Å²) < 4.78 is 19.0. The van der Waals surface area contributed by atoms with Gasteiger partial charge in [-0.25, -0.2) is 0 Å². The summed E-state index contributed by atoms with van der Waals surface area (Å²) in [5.41, 5.74) is 1.24. The number of hydrogen-bond donors (Lipinski definition) is 1. The van der Waals surface area contributed by atoms with Crippen LogP contribution in [-0.4, -0.2) is 41.4 Å². The van der Waals surface area contributed by atoms with Crippen LogP contribution >= 0.6 is 0 Å². The van der Waals surface area contributed by atoms with E-state index in [0.29, 0.717) is 11.8 Å². The van der Waals surface area contributed by atoms with Gasteiger partial charge in [0.25, 0.3) is 0 Å². The first-order valence-electron chi connectivity index (χ1n) is 10.8. The van der Waals surface area contributed by atoms with Crippen LogP contribution in [0.5, 0.6) is 0 Å². The summed E-state index contributed by atoms with van der Waals surface area (Å²) in [6.07, 6.45) is 8.66. The van der Waals surface area contributed by atoms with E-state index in [4.69, 9.17) is 14.2 Å². The summed E-state index contributed by atoms with van der Waals surface area (Å²) in [6, 6.07) is 0. The van der Waals surface area contributed by atoms with Gasteiger partial charge in [-0.15, -0.1) is 0 Å². The SMILES string of the molecule is C=C[C@]1(C)O[C@@H]2C3=C(C)CC[C@@](O)(CC4[C@@H]5CO[C@@H]5C=C[C@@]4(C)[C@@H]2O1)C3(C)C. The van der Waals surface area contributed by atoms with E-state index in [-0.39, 0.29) is 29.1 Å². The van der Waals surface area contributed by atoms with Gasteiger partial charge in [-0.3, -0.25) is 0 Å². The van der Waals surface area contributed by atoms with Crippen LogP contribution in [0.1, 0.15) is 53.9 Å². The van der Waals surface area contributed by atoms with Crippen LogP contribution in [0.3, 0.4) is 0 Å². The zero-order valence-electron chi connectivity index (χ0n) is 17.8. The van der Waals surface area contributed by atoms with Crippen molar-refractivity contribution in [3.05, 3.63) is 36.0 Å². The summed E-state index contributed by atoms with van der Waals surface area (Å²) >= 11 is 0. The number of hydrogen-bond acceptors (Lipinski definition) is 4. The van der Waals surface area contributed by atoms with E-state index in [2.05, 4.69) is 46.4 Å². The van der Waals surface area contributed by atoms with Gasteiger partial charge < -0.3 is 19.3 Å². The van der Waals surface area contributed by atoms with Gasteiger partial charge in [0.15, 0.2) is 5.79 Å². The predicted octanol–water partition coefficient (Wildman–Crippen LogP) is 4.15. The summed E-state index contributed by atoms with van der Waals surface area (Å²) in [5.74, 6) is -0.0839.